The fourth-order valence-corrected chi connectivity index (χ4v) is 2.92. The van der Waals surface area contributed by atoms with Crippen LogP contribution in [-0.2, 0) is 0 Å². The third kappa shape index (κ3) is 3.81. The molecule has 128 valence electrons. The number of piperidine rings is 1. The highest BCUT2D eigenvalue weighted by atomic mass is 16.1. The van der Waals surface area contributed by atoms with E-state index < -0.39 is 0 Å². The largest absolute Gasteiger partial charge is 0.368 e. The standard InChI is InChI=1S/C16H23N7O/c1-22(2)15-9-13(18-11-19-15)17-10-12-5-3-4-8-23(12)14-6-7-16(24)21-20-14/h6-7,9,11-12H,3-5,8,10H2,1-2H3,(H,21,24)(H,17,18,19). The minimum atomic E-state index is -0.178. The van der Waals surface area contributed by atoms with Gasteiger partial charge in [-0.15, -0.1) is 0 Å². The quantitative estimate of drug-likeness (QED) is 0.849. The van der Waals surface area contributed by atoms with Gasteiger partial charge >= 0.3 is 0 Å². The van der Waals surface area contributed by atoms with Gasteiger partial charge in [0.1, 0.15) is 23.8 Å². The van der Waals surface area contributed by atoms with E-state index in [1.165, 1.54) is 12.5 Å². The minimum absolute atomic E-state index is 0.178. The Labute approximate surface area is 140 Å². The zero-order valence-electron chi connectivity index (χ0n) is 14.1. The Hall–Kier alpha value is -2.64. The number of aromatic amines is 1. The average molecular weight is 329 g/mol. The van der Waals surface area contributed by atoms with Crippen LogP contribution in [0.5, 0.6) is 0 Å². The second-order valence-electron chi connectivity index (χ2n) is 6.16. The van der Waals surface area contributed by atoms with Gasteiger partial charge < -0.3 is 15.1 Å². The third-order valence-corrected chi connectivity index (χ3v) is 4.22. The van der Waals surface area contributed by atoms with E-state index in [-0.39, 0.29) is 5.56 Å². The molecule has 2 aromatic rings. The molecule has 0 aliphatic carbocycles. The van der Waals surface area contributed by atoms with E-state index in [1.807, 2.05) is 25.1 Å². The van der Waals surface area contributed by atoms with Crippen molar-refractivity contribution in [2.24, 2.45) is 0 Å². The predicted octanol–water partition coefficient (Wildman–Crippen LogP) is 1.10. The van der Waals surface area contributed by atoms with Crippen LogP contribution in [0.3, 0.4) is 0 Å². The van der Waals surface area contributed by atoms with Crippen molar-refractivity contribution >= 4 is 17.5 Å². The number of H-pyrrole nitrogens is 1. The van der Waals surface area contributed by atoms with E-state index >= 15 is 0 Å². The zero-order chi connectivity index (χ0) is 16.9. The zero-order valence-corrected chi connectivity index (χ0v) is 14.1. The summed E-state index contributed by atoms with van der Waals surface area (Å²) in [6, 6.07) is 5.56. The number of rotatable bonds is 5. The maximum atomic E-state index is 11.2. The number of nitrogens with one attached hydrogen (secondary N) is 2. The molecule has 1 atom stereocenters. The van der Waals surface area contributed by atoms with Crippen molar-refractivity contribution in [3.63, 3.8) is 0 Å². The Balaban J connectivity index is 1.69. The molecular formula is C16H23N7O. The topological polar surface area (TPSA) is 90.0 Å². The average Bonchev–Trinajstić information content (AvgIpc) is 2.61. The smallest absolute Gasteiger partial charge is 0.264 e. The number of nitrogens with zero attached hydrogens (tertiary/aromatic N) is 5. The lowest BCUT2D eigenvalue weighted by Gasteiger charge is -2.36. The van der Waals surface area contributed by atoms with Crippen LogP contribution in [-0.4, -0.2) is 53.4 Å². The van der Waals surface area contributed by atoms with E-state index in [0.29, 0.717) is 6.04 Å². The van der Waals surface area contributed by atoms with Crippen LogP contribution in [0.15, 0.2) is 29.3 Å². The van der Waals surface area contributed by atoms with E-state index in [0.717, 1.165) is 43.4 Å². The highest BCUT2D eigenvalue weighted by Crippen LogP contribution is 2.22. The molecule has 0 radical (unpaired) electrons. The highest BCUT2D eigenvalue weighted by molar-refractivity contribution is 5.48. The Bertz CT molecular complexity index is 710. The monoisotopic (exact) mass is 329 g/mol. The van der Waals surface area contributed by atoms with Gasteiger partial charge in [0.2, 0.25) is 0 Å². The van der Waals surface area contributed by atoms with Gasteiger partial charge in [-0.05, 0) is 25.3 Å². The summed E-state index contributed by atoms with van der Waals surface area (Å²) >= 11 is 0. The SMILES string of the molecule is CN(C)c1cc(NCC2CCCCN2c2ccc(=O)[nH]n2)ncn1. The molecule has 8 nitrogen and oxygen atoms in total. The van der Waals surface area contributed by atoms with Gasteiger partial charge in [0, 0.05) is 45.4 Å². The van der Waals surface area contributed by atoms with E-state index in [1.54, 1.807) is 12.4 Å². The Kier molecular flexibility index (Phi) is 4.93. The molecule has 1 fully saturated rings. The summed E-state index contributed by atoms with van der Waals surface area (Å²) < 4.78 is 0. The van der Waals surface area contributed by atoms with Crippen molar-refractivity contribution in [3.05, 3.63) is 34.9 Å². The number of anilines is 3. The molecule has 3 rings (SSSR count). The molecule has 0 aromatic carbocycles. The summed E-state index contributed by atoms with van der Waals surface area (Å²) in [6.45, 7) is 1.71. The molecule has 0 saturated carbocycles. The summed E-state index contributed by atoms with van der Waals surface area (Å²) in [5.41, 5.74) is -0.178. The molecular weight excluding hydrogens is 306 g/mol. The fraction of sp³-hybridized carbons (Fsp3) is 0.500. The van der Waals surface area contributed by atoms with E-state index in [9.17, 15) is 4.79 Å². The molecule has 2 N–H and O–H groups in total. The molecule has 8 heteroatoms. The molecule has 1 aliphatic heterocycles. The van der Waals surface area contributed by atoms with Crippen LogP contribution < -0.4 is 20.7 Å². The first kappa shape index (κ1) is 16.2. The van der Waals surface area contributed by atoms with Crippen LogP contribution >= 0.6 is 0 Å². The van der Waals surface area contributed by atoms with Gasteiger partial charge in [-0.1, -0.05) is 0 Å². The van der Waals surface area contributed by atoms with Gasteiger partial charge in [0.25, 0.3) is 5.56 Å². The molecule has 3 heterocycles. The molecule has 24 heavy (non-hydrogen) atoms. The van der Waals surface area contributed by atoms with Gasteiger partial charge in [-0.2, -0.15) is 5.10 Å². The first-order valence-corrected chi connectivity index (χ1v) is 8.19. The lowest BCUT2D eigenvalue weighted by Crippen LogP contribution is -2.44. The molecule has 1 saturated heterocycles. The summed E-state index contributed by atoms with van der Waals surface area (Å²) in [7, 11) is 3.91. The van der Waals surface area contributed by atoms with Gasteiger partial charge in [0.15, 0.2) is 0 Å². The van der Waals surface area contributed by atoms with Crippen molar-refractivity contribution in [2.45, 2.75) is 25.3 Å². The molecule has 1 aliphatic rings. The van der Waals surface area contributed by atoms with E-state index in [2.05, 4.69) is 30.4 Å². The number of hydrogen-bond donors (Lipinski definition) is 2. The summed E-state index contributed by atoms with van der Waals surface area (Å²) in [4.78, 5) is 23.9. The van der Waals surface area contributed by atoms with Crippen LogP contribution in [0.4, 0.5) is 17.5 Å². The second-order valence-corrected chi connectivity index (χ2v) is 6.16. The lowest BCUT2D eigenvalue weighted by atomic mass is 10.0. The number of aromatic nitrogens is 4. The Morgan fingerprint density at radius 2 is 2.21 bits per heavy atom. The first-order valence-electron chi connectivity index (χ1n) is 8.19. The molecule has 0 amide bonds. The second kappa shape index (κ2) is 7.29. The maximum Gasteiger partial charge on any atom is 0.264 e. The number of hydrogen-bond acceptors (Lipinski definition) is 7. The van der Waals surface area contributed by atoms with Crippen LogP contribution in [0.2, 0.25) is 0 Å². The van der Waals surface area contributed by atoms with Gasteiger partial charge in [0.05, 0.1) is 0 Å². The van der Waals surface area contributed by atoms with Crippen molar-refractivity contribution in [1.29, 1.82) is 0 Å². The Morgan fingerprint density at radius 3 is 2.96 bits per heavy atom. The molecule has 1 unspecified atom stereocenters. The minimum Gasteiger partial charge on any atom is -0.368 e. The normalized spacial score (nSPS) is 17.6. The van der Waals surface area contributed by atoms with Crippen LogP contribution in [0.1, 0.15) is 19.3 Å². The van der Waals surface area contributed by atoms with E-state index in [4.69, 9.17) is 0 Å². The summed E-state index contributed by atoms with van der Waals surface area (Å²) in [6.07, 6.45) is 4.98. The van der Waals surface area contributed by atoms with Crippen molar-refractivity contribution in [1.82, 2.24) is 20.2 Å². The highest BCUT2D eigenvalue weighted by Gasteiger charge is 2.23. The van der Waals surface area contributed by atoms with Gasteiger partial charge in [-0.25, -0.2) is 15.1 Å². The first-order chi connectivity index (χ1) is 11.6. The molecule has 2 aromatic heterocycles. The van der Waals surface area contributed by atoms with Crippen molar-refractivity contribution in [3.8, 4) is 0 Å². The van der Waals surface area contributed by atoms with Crippen molar-refractivity contribution < 1.29 is 0 Å². The maximum absolute atomic E-state index is 11.2. The fourth-order valence-electron chi connectivity index (χ4n) is 2.92. The molecule has 0 spiro atoms. The van der Waals surface area contributed by atoms with Crippen LogP contribution in [0.25, 0.3) is 0 Å². The summed E-state index contributed by atoms with van der Waals surface area (Å²) in [5.74, 6) is 2.50. The van der Waals surface area contributed by atoms with Crippen molar-refractivity contribution in [2.75, 3.05) is 42.3 Å². The van der Waals surface area contributed by atoms with Gasteiger partial charge in [-0.3, -0.25) is 4.79 Å². The predicted molar refractivity (Wildman–Crippen MR) is 94.7 cm³/mol. The summed E-state index contributed by atoms with van der Waals surface area (Å²) in [5, 5.41) is 10.1. The molecule has 0 bridgehead atoms. The Morgan fingerprint density at radius 1 is 1.33 bits per heavy atom. The van der Waals surface area contributed by atoms with Crippen LogP contribution in [0, 0.1) is 0 Å². The third-order valence-electron chi connectivity index (χ3n) is 4.22. The lowest BCUT2D eigenvalue weighted by molar-refractivity contribution is 0.467.